The van der Waals surface area contributed by atoms with E-state index in [0.29, 0.717) is 23.6 Å². The molecule has 3 aromatic rings. The Labute approximate surface area is 201 Å². The largest absolute Gasteiger partial charge is 0.494 e. The molecule has 1 N–H and O–H groups in total. The lowest BCUT2D eigenvalue weighted by Gasteiger charge is -2.16. The Kier molecular flexibility index (Phi) is 5.98. The number of thioether (sulfide) groups is 1. The Morgan fingerprint density at radius 1 is 1.00 bits per heavy atom. The van der Waals surface area contributed by atoms with Crippen molar-refractivity contribution in [2.45, 2.75) is 29.7 Å². The zero-order valence-corrected chi connectivity index (χ0v) is 19.2. The van der Waals surface area contributed by atoms with Crippen LogP contribution in [0.25, 0.3) is 0 Å². The van der Waals surface area contributed by atoms with E-state index in [1.807, 2.05) is 43.3 Å². The van der Waals surface area contributed by atoms with Gasteiger partial charge in [-0.25, -0.2) is 9.69 Å². The van der Waals surface area contributed by atoms with Gasteiger partial charge >= 0.3 is 5.97 Å². The van der Waals surface area contributed by atoms with E-state index in [4.69, 9.17) is 9.47 Å². The highest BCUT2D eigenvalue weighted by atomic mass is 32.2. The Morgan fingerprint density at radius 2 is 1.74 bits per heavy atom. The number of cyclic esters (lactones) is 1. The maximum Gasteiger partial charge on any atom is 0.340 e. The molecule has 2 aliphatic rings. The SMILES string of the molecule is CCOc1ccc(N2C(=O)CC(Sc3ccc(NC4OC(=O)c5ccccc54)cc3)C2=O)cc1. The lowest BCUT2D eigenvalue weighted by atomic mass is 10.1. The molecule has 1 fully saturated rings. The van der Waals surface area contributed by atoms with Crippen LogP contribution in [0.4, 0.5) is 11.4 Å². The molecular weight excluding hydrogens is 452 g/mol. The predicted molar refractivity (Wildman–Crippen MR) is 129 cm³/mol. The zero-order valence-electron chi connectivity index (χ0n) is 18.4. The number of fused-ring (bicyclic) bond motifs is 1. The Morgan fingerprint density at radius 3 is 2.47 bits per heavy atom. The second-order valence-electron chi connectivity index (χ2n) is 7.85. The monoisotopic (exact) mass is 474 g/mol. The van der Waals surface area contributed by atoms with Crippen molar-refractivity contribution in [3.05, 3.63) is 83.9 Å². The van der Waals surface area contributed by atoms with Crippen LogP contribution in [-0.2, 0) is 14.3 Å². The summed E-state index contributed by atoms with van der Waals surface area (Å²) in [5.74, 6) is -0.0925. The normalized spacial score (nSPS) is 19.2. The first-order valence-corrected chi connectivity index (χ1v) is 11.8. The second kappa shape index (κ2) is 9.23. The lowest BCUT2D eigenvalue weighted by molar-refractivity contribution is -0.121. The molecule has 0 saturated carbocycles. The van der Waals surface area contributed by atoms with E-state index in [-0.39, 0.29) is 24.2 Å². The van der Waals surface area contributed by atoms with Crippen LogP contribution >= 0.6 is 11.8 Å². The van der Waals surface area contributed by atoms with Gasteiger partial charge in [0.05, 0.1) is 23.1 Å². The molecule has 2 amide bonds. The van der Waals surface area contributed by atoms with Crippen LogP contribution in [0.1, 0.15) is 35.5 Å². The smallest absolute Gasteiger partial charge is 0.340 e. The minimum Gasteiger partial charge on any atom is -0.494 e. The van der Waals surface area contributed by atoms with Crippen molar-refractivity contribution in [2.24, 2.45) is 0 Å². The summed E-state index contributed by atoms with van der Waals surface area (Å²) in [6.45, 7) is 2.45. The first-order valence-electron chi connectivity index (χ1n) is 11.0. The summed E-state index contributed by atoms with van der Waals surface area (Å²) in [5, 5.41) is 2.73. The number of imide groups is 1. The number of ether oxygens (including phenoxy) is 2. The van der Waals surface area contributed by atoms with E-state index < -0.39 is 11.5 Å². The second-order valence-corrected chi connectivity index (χ2v) is 9.12. The van der Waals surface area contributed by atoms with E-state index in [9.17, 15) is 14.4 Å². The highest BCUT2D eigenvalue weighted by Gasteiger charge is 2.40. The van der Waals surface area contributed by atoms with E-state index in [1.54, 1.807) is 36.4 Å². The van der Waals surface area contributed by atoms with Gasteiger partial charge in [-0.3, -0.25) is 9.59 Å². The standard InChI is InChI=1S/C26H22N2O5S/c1-2-32-18-11-9-17(10-12-18)28-23(29)15-22(25(28)30)34-19-13-7-16(8-14-19)27-24-20-5-3-4-6-21(20)26(31)33-24/h3-14,22,24,27H,2,15H2,1H3. The third-order valence-corrected chi connectivity index (χ3v) is 6.83. The van der Waals surface area contributed by atoms with Crippen molar-refractivity contribution in [3.8, 4) is 5.75 Å². The van der Waals surface area contributed by atoms with Gasteiger partial charge in [-0.2, -0.15) is 0 Å². The molecule has 8 heteroatoms. The summed E-state index contributed by atoms with van der Waals surface area (Å²) < 4.78 is 10.9. The fourth-order valence-electron chi connectivity index (χ4n) is 4.02. The van der Waals surface area contributed by atoms with Crippen molar-refractivity contribution in [1.82, 2.24) is 0 Å². The Bertz CT molecular complexity index is 1240. The Balaban J connectivity index is 1.23. The maximum atomic E-state index is 13.0. The molecule has 0 aliphatic carbocycles. The quantitative estimate of drug-likeness (QED) is 0.389. The van der Waals surface area contributed by atoms with Crippen LogP contribution < -0.4 is 15.0 Å². The minimum atomic E-state index is -0.543. The van der Waals surface area contributed by atoms with Crippen LogP contribution in [-0.4, -0.2) is 29.6 Å². The number of nitrogens with zero attached hydrogens (tertiary/aromatic N) is 1. The number of hydrogen-bond acceptors (Lipinski definition) is 7. The van der Waals surface area contributed by atoms with Gasteiger partial charge < -0.3 is 14.8 Å². The average molecular weight is 475 g/mol. The topological polar surface area (TPSA) is 84.9 Å². The van der Waals surface area contributed by atoms with Crippen LogP contribution in [0.3, 0.4) is 0 Å². The van der Waals surface area contributed by atoms with Crippen molar-refractivity contribution in [3.63, 3.8) is 0 Å². The number of esters is 1. The fourth-order valence-corrected chi connectivity index (χ4v) is 5.08. The molecule has 0 radical (unpaired) electrons. The number of nitrogens with one attached hydrogen (secondary N) is 1. The number of benzene rings is 3. The molecule has 2 heterocycles. The lowest BCUT2D eigenvalue weighted by Crippen LogP contribution is -2.31. The van der Waals surface area contributed by atoms with Gasteiger partial charge in [-0.1, -0.05) is 18.2 Å². The predicted octanol–water partition coefficient (Wildman–Crippen LogP) is 4.79. The molecular formula is C26H22N2O5S. The van der Waals surface area contributed by atoms with Gasteiger partial charge in [-0.05, 0) is 61.5 Å². The molecule has 3 aromatic carbocycles. The van der Waals surface area contributed by atoms with Crippen molar-refractivity contribution in [1.29, 1.82) is 0 Å². The van der Waals surface area contributed by atoms with E-state index in [2.05, 4.69) is 5.32 Å². The Hall–Kier alpha value is -3.78. The van der Waals surface area contributed by atoms with E-state index >= 15 is 0 Å². The molecule has 1 saturated heterocycles. The van der Waals surface area contributed by atoms with Gasteiger partial charge in [0, 0.05) is 22.6 Å². The molecule has 2 atom stereocenters. The summed E-state index contributed by atoms with van der Waals surface area (Å²) in [6, 6.07) is 21.7. The highest BCUT2D eigenvalue weighted by molar-refractivity contribution is 8.00. The molecule has 34 heavy (non-hydrogen) atoms. The van der Waals surface area contributed by atoms with Crippen molar-refractivity contribution in [2.75, 3.05) is 16.8 Å². The average Bonchev–Trinajstić information content (AvgIpc) is 3.31. The molecule has 0 aromatic heterocycles. The first kappa shape index (κ1) is 22.0. The van der Waals surface area contributed by atoms with E-state index in [1.165, 1.54) is 16.7 Å². The van der Waals surface area contributed by atoms with Crippen molar-refractivity contribution >= 4 is 40.9 Å². The summed E-state index contributed by atoms with van der Waals surface area (Å²) >= 11 is 1.36. The number of carbonyl (C=O) groups excluding carboxylic acids is 3. The minimum absolute atomic E-state index is 0.144. The van der Waals surface area contributed by atoms with Crippen molar-refractivity contribution < 1.29 is 23.9 Å². The summed E-state index contributed by atoms with van der Waals surface area (Å²) in [6.07, 6.45) is -0.398. The summed E-state index contributed by atoms with van der Waals surface area (Å²) in [5.41, 5.74) is 2.69. The fraction of sp³-hybridized carbons (Fsp3) is 0.192. The molecule has 2 unspecified atom stereocenters. The van der Waals surface area contributed by atoms with Gasteiger partial charge in [0.2, 0.25) is 18.0 Å². The maximum absolute atomic E-state index is 13.0. The zero-order chi connectivity index (χ0) is 23.7. The van der Waals surface area contributed by atoms with Crippen LogP contribution in [0, 0.1) is 0 Å². The number of carbonyl (C=O) groups is 3. The summed E-state index contributed by atoms with van der Waals surface area (Å²) in [7, 11) is 0. The summed E-state index contributed by atoms with van der Waals surface area (Å²) in [4.78, 5) is 39.7. The third-order valence-electron chi connectivity index (χ3n) is 5.63. The first-order chi connectivity index (χ1) is 16.5. The molecule has 5 rings (SSSR count). The van der Waals surface area contributed by atoms with Gasteiger partial charge in [0.1, 0.15) is 5.75 Å². The highest BCUT2D eigenvalue weighted by Crippen LogP contribution is 2.36. The molecule has 2 aliphatic heterocycles. The molecule has 0 spiro atoms. The van der Waals surface area contributed by atoms with Crippen LogP contribution in [0.2, 0.25) is 0 Å². The molecule has 172 valence electrons. The van der Waals surface area contributed by atoms with Gasteiger partial charge in [0.15, 0.2) is 0 Å². The van der Waals surface area contributed by atoms with E-state index in [0.717, 1.165) is 16.1 Å². The number of rotatable bonds is 7. The molecule has 0 bridgehead atoms. The third kappa shape index (κ3) is 4.24. The van der Waals surface area contributed by atoms with Crippen LogP contribution in [0.15, 0.2) is 77.7 Å². The van der Waals surface area contributed by atoms with Gasteiger partial charge in [0.25, 0.3) is 0 Å². The number of hydrogen-bond donors (Lipinski definition) is 1. The van der Waals surface area contributed by atoms with Gasteiger partial charge in [-0.15, -0.1) is 11.8 Å². The number of anilines is 2. The number of amides is 2. The molecule has 7 nitrogen and oxygen atoms in total. The van der Waals surface area contributed by atoms with Crippen LogP contribution in [0.5, 0.6) is 5.75 Å².